The molecule has 6 aromatic carbocycles. The second kappa shape index (κ2) is 31.9. The highest BCUT2D eigenvalue weighted by molar-refractivity contribution is 7.91. The van der Waals surface area contributed by atoms with E-state index < -0.39 is 47.6 Å². The molecule has 1 aliphatic carbocycles. The van der Waals surface area contributed by atoms with Crippen LogP contribution in [0.15, 0.2) is 124 Å². The van der Waals surface area contributed by atoms with Gasteiger partial charge in [0, 0.05) is 53.5 Å². The highest BCUT2D eigenvalue weighted by Crippen LogP contribution is 2.38. The number of rotatable bonds is 27. The van der Waals surface area contributed by atoms with Crippen molar-refractivity contribution in [1.82, 2.24) is 27.4 Å². The lowest BCUT2D eigenvalue weighted by Crippen LogP contribution is -2.33. The quantitative estimate of drug-likeness (QED) is 0.0464. The first kappa shape index (κ1) is 74.4. The first-order chi connectivity index (χ1) is 45.5. The average molecular weight is 1440 g/mol. The minimum atomic E-state index is -3.45. The van der Waals surface area contributed by atoms with Crippen LogP contribution in [0.4, 0.5) is 0 Å². The fraction of sp³-hybridized carbons (Fsp3) is 0.426. The molecule has 3 atom stereocenters. The number of hydrogen-bond donors (Lipinski definition) is 0. The van der Waals surface area contributed by atoms with Gasteiger partial charge in [-0.15, -0.1) is 0 Å². The van der Waals surface area contributed by atoms with E-state index in [2.05, 4.69) is 0 Å². The summed E-state index contributed by atoms with van der Waals surface area (Å²) in [6.45, 7) is 11.8. The van der Waals surface area contributed by atoms with Crippen LogP contribution in [0.1, 0.15) is 94.7 Å². The van der Waals surface area contributed by atoms with Crippen LogP contribution in [0.2, 0.25) is 15.1 Å². The smallest absolute Gasteiger partial charge is 0.329 e. The van der Waals surface area contributed by atoms with Crippen LogP contribution in [0.25, 0.3) is 33.1 Å². The lowest BCUT2D eigenvalue weighted by atomic mass is 9.85. The average Bonchev–Trinajstić information content (AvgIpc) is 1.60. The Labute approximate surface area is 574 Å². The number of methoxy groups -OCH3 is 4. The third-order valence-electron chi connectivity index (χ3n) is 16.4. The Balaban J connectivity index is 0.000000184. The molecule has 28 heteroatoms. The van der Waals surface area contributed by atoms with Crippen molar-refractivity contribution >= 4 is 97.4 Å². The molecule has 0 N–H and O–H groups in total. The van der Waals surface area contributed by atoms with Crippen LogP contribution in [0.5, 0.6) is 34.5 Å². The van der Waals surface area contributed by atoms with Crippen molar-refractivity contribution in [2.45, 2.75) is 91.1 Å². The van der Waals surface area contributed by atoms with E-state index in [9.17, 15) is 39.6 Å². The summed E-state index contributed by atoms with van der Waals surface area (Å²) in [5.74, 6) is 2.78. The number of fused-ring (bicyclic) bond motifs is 3. The Bertz CT molecular complexity index is 4800. The molecule has 1 fully saturated rings. The van der Waals surface area contributed by atoms with E-state index in [1.807, 2.05) is 34.6 Å². The Morgan fingerprint density at radius 2 is 0.781 bits per heavy atom. The fourth-order valence-electron chi connectivity index (χ4n) is 12.0. The standard InChI is InChI=1S/C24H29ClN2O5S.C22H27ClN2O6S.C22H27ClN2O5S/c1-4-32-23-12-17(8-11-22(23)31-2)21(15-33(3,29)30)27-19-10-9-18(25)13-20(19)26(24(27)28)14-16-6-5-7-16;1-5-31-21-12-15(6-9-20(21)30-3)19(14-32(4,27)28)25-17-8-7-16(23)13-18(17)24(22(25)26)10-11-29-2;1-6-30-21-11-15(7-10-20(21)29-4)19(13-31(5,27)28)25-17-9-8-16(23)12-18(17)24(14(2)3)22(25)26/h8-13,16,21H,4-7,14-15H2,1-3H3;6-9,12-13,19H,5,10-11,14H2,1-4H3;7-12,14,19H,6,13H2,1-5H3/t21-;2*19-/m000/s1. The molecule has 0 saturated heterocycles. The summed E-state index contributed by atoms with van der Waals surface area (Å²) in [6.07, 6.45) is 6.84. The van der Waals surface area contributed by atoms with Crippen molar-refractivity contribution in [3.8, 4) is 34.5 Å². The Morgan fingerprint density at radius 1 is 0.438 bits per heavy atom. The third kappa shape index (κ3) is 17.5. The molecule has 1 aliphatic rings. The van der Waals surface area contributed by atoms with Crippen molar-refractivity contribution in [1.29, 1.82) is 0 Å². The number of sulfone groups is 3. The topological polar surface area (TPSA) is 248 Å². The number of aromatic nitrogens is 6. The van der Waals surface area contributed by atoms with Gasteiger partial charge in [0.2, 0.25) is 0 Å². The van der Waals surface area contributed by atoms with Crippen LogP contribution in [0, 0.1) is 5.92 Å². The molecule has 0 amide bonds. The molecule has 0 aliphatic heterocycles. The molecule has 0 bridgehead atoms. The number of imidazole rings is 3. The number of ether oxygens (including phenoxy) is 7. The van der Waals surface area contributed by atoms with Gasteiger partial charge in [-0.25, -0.2) is 39.6 Å². The molecule has 22 nitrogen and oxygen atoms in total. The summed E-state index contributed by atoms with van der Waals surface area (Å²) >= 11 is 18.7. The molecule has 0 unspecified atom stereocenters. The van der Waals surface area contributed by atoms with E-state index in [1.165, 1.54) is 36.0 Å². The highest BCUT2D eigenvalue weighted by Gasteiger charge is 2.32. The lowest BCUT2D eigenvalue weighted by Gasteiger charge is -2.25. The molecular formula is C68H83Cl3N6O16S3. The van der Waals surface area contributed by atoms with Gasteiger partial charge in [-0.2, -0.15) is 0 Å². The summed E-state index contributed by atoms with van der Waals surface area (Å²) in [5, 5.41) is 1.51. The SMILES string of the molecule is CCOc1cc([C@H](CS(C)(=O)=O)n2c(=O)n(C(C)C)c3cc(Cl)ccc32)ccc1OC.CCOc1cc([C@H](CS(C)(=O)=O)n2c(=O)n(CC3CCC3)c3cc(Cl)ccc32)ccc1OC.CCOc1cc([C@H](CS(C)(=O)=O)n2c(=O)n(CCOC)c3cc(Cl)ccc32)ccc1OC. The third-order valence-corrected chi connectivity index (χ3v) is 19.8. The molecule has 520 valence electrons. The fourth-order valence-corrected chi connectivity index (χ4v) is 15.2. The molecule has 96 heavy (non-hydrogen) atoms. The normalized spacial score (nSPS) is 13.8. The zero-order valence-electron chi connectivity index (χ0n) is 55.8. The molecule has 9 aromatic rings. The first-order valence-electron chi connectivity index (χ1n) is 31.2. The van der Waals surface area contributed by atoms with Gasteiger partial charge in [0.05, 0.1) is 123 Å². The molecule has 0 spiro atoms. The Kier molecular flexibility index (Phi) is 24.7. The van der Waals surface area contributed by atoms with E-state index in [4.69, 9.17) is 68.0 Å². The second-order valence-electron chi connectivity index (χ2n) is 23.7. The van der Waals surface area contributed by atoms with Crippen LogP contribution in [-0.4, -0.2) is 144 Å². The van der Waals surface area contributed by atoms with Gasteiger partial charge in [-0.05, 0) is 161 Å². The van der Waals surface area contributed by atoms with E-state index in [0.717, 1.165) is 30.9 Å². The van der Waals surface area contributed by atoms with E-state index in [1.54, 1.807) is 142 Å². The Morgan fingerprint density at radius 3 is 1.10 bits per heavy atom. The number of hydrogen-bond acceptors (Lipinski definition) is 16. The predicted octanol–water partition coefficient (Wildman–Crippen LogP) is 11.5. The van der Waals surface area contributed by atoms with Gasteiger partial charge >= 0.3 is 17.1 Å². The molecule has 3 aromatic heterocycles. The zero-order valence-corrected chi connectivity index (χ0v) is 60.6. The maximum atomic E-state index is 13.7. The largest absolute Gasteiger partial charge is 0.493 e. The maximum Gasteiger partial charge on any atom is 0.329 e. The van der Waals surface area contributed by atoms with Gasteiger partial charge in [0.15, 0.2) is 34.5 Å². The first-order valence-corrected chi connectivity index (χ1v) is 38.5. The van der Waals surface area contributed by atoms with Gasteiger partial charge in [0.1, 0.15) is 29.5 Å². The second-order valence-corrected chi connectivity index (χ2v) is 31.6. The molecular weight excluding hydrogens is 1360 g/mol. The highest BCUT2D eigenvalue weighted by atomic mass is 35.5. The van der Waals surface area contributed by atoms with Crippen molar-refractivity contribution in [2.75, 3.05) is 90.9 Å². The summed E-state index contributed by atoms with van der Waals surface area (Å²) in [4.78, 5) is 40.8. The zero-order chi connectivity index (χ0) is 70.1. The van der Waals surface area contributed by atoms with Gasteiger partial charge in [0.25, 0.3) is 0 Å². The Hall–Kier alpha value is -7.39. The van der Waals surface area contributed by atoms with Gasteiger partial charge < -0.3 is 33.2 Å². The number of benzene rings is 6. The van der Waals surface area contributed by atoms with Crippen LogP contribution >= 0.6 is 34.8 Å². The molecule has 3 heterocycles. The van der Waals surface area contributed by atoms with Gasteiger partial charge in [-0.1, -0.05) is 59.4 Å². The number of nitrogens with zero attached hydrogens (tertiary/aromatic N) is 6. The van der Waals surface area contributed by atoms with Crippen molar-refractivity contribution in [3.63, 3.8) is 0 Å². The predicted molar refractivity (Wildman–Crippen MR) is 379 cm³/mol. The van der Waals surface area contributed by atoms with Gasteiger partial charge in [-0.3, -0.25) is 27.4 Å². The van der Waals surface area contributed by atoms with Crippen LogP contribution < -0.4 is 45.5 Å². The van der Waals surface area contributed by atoms with E-state index in [0.29, 0.717) is 139 Å². The number of halogens is 3. The minimum absolute atomic E-state index is 0.136. The van der Waals surface area contributed by atoms with Crippen molar-refractivity contribution < 1.29 is 58.4 Å². The van der Waals surface area contributed by atoms with Crippen LogP contribution in [-0.2, 0) is 47.3 Å². The van der Waals surface area contributed by atoms with E-state index in [-0.39, 0.29) is 40.4 Å². The summed E-state index contributed by atoms with van der Waals surface area (Å²) in [7, 11) is -4.14. The minimum Gasteiger partial charge on any atom is -0.493 e. The molecule has 0 radical (unpaired) electrons. The van der Waals surface area contributed by atoms with Crippen LogP contribution in [0.3, 0.4) is 0 Å². The monoisotopic (exact) mass is 1440 g/mol. The maximum absolute atomic E-state index is 13.7. The van der Waals surface area contributed by atoms with Crippen molar-refractivity contribution in [3.05, 3.63) is 172 Å². The molecule has 10 rings (SSSR count). The summed E-state index contributed by atoms with van der Waals surface area (Å²) in [6, 6.07) is 28.9. The van der Waals surface area contributed by atoms with Crippen molar-refractivity contribution in [2.24, 2.45) is 5.92 Å². The summed E-state index contributed by atoms with van der Waals surface area (Å²) in [5.41, 5.74) is 4.87. The molecule has 1 saturated carbocycles. The summed E-state index contributed by atoms with van der Waals surface area (Å²) < 4.78 is 122. The van der Waals surface area contributed by atoms with E-state index >= 15 is 0 Å². The lowest BCUT2D eigenvalue weighted by molar-refractivity contribution is 0.187.